The molecule has 1 atom stereocenters. The van der Waals surface area contributed by atoms with Gasteiger partial charge < -0.3 is 14.6 Å². The van der Waals surface area contributed by atoms with E-state index in [1.807, 2.05) is 7.05 Å². The molecule has 5 heteroatoms. The van der Waals surface area contributed by atoms with Gasteiger partial charge in [-0.1, -0.05) is 0 Å². The van der Waals surface area contributed by atoms with Crippen molar-refractivity contribution < 1.29 is 14.6 Å². The Morgan fingerprint density at radius 1 is 1.53 bits per heavy atom. The fourth-order valence-electron chi connectivity index (χ4n) is 1.39. The molecule has 1 aromatic rings. The second kappa shape index (κ2) is 4.74. The number of hydrogen-bond donors (Lipinski definition) is 1. The van der Waals surface area contributed by atoms with Crippen molar-refractivity contribution in [1.82, 2.24) is 9.78 Å². The molecule has 0 aliphatic rings. The molecule has 0 aliphatic heterocycles. The highest BCUT2D eigenvalue weighted by Gasteiger charge is 2.29. The lowest BCUT2D eigenvalue weighted by Crippen LogP contribution is -2.30. The summed E-state index contributed by atoms with van der Waals surface area (Å²) in [5, 5.41) is 14.4. The number of ether oxygens (including phenoxy) is 2. The molecule has 0 fully saturated rings. The van der Waals surface area contributed by atoms with Crippen molar-refractivity contribution in [2.24, 2.45) is 7.05 Å². The predicted molar refractivity (Wildman–Crippen MR) is 55.2 cm³/mol. The topological polar surface area (TPSA) is 56.5 Å². The molecule has 0 bridgehead atoms. The largest absolute Gasteiger partial charge is 0.384 e. The highest BCUT2D eigenvalue weighted by molar-refractivity contribution is 5.09. The van der Waals surface area contributed by atoms with E-state index in [0.29, 0.717) is 12.1 Å². The Kier molecular flexibility index (Phi) is 3.84. The quantitative estimate of drug-likeness (QED) is 0.731. The number of aromatic nitrogens is 2. The molecule has 1 unspecified atom stereocenters. The molecule has 86 valence electrons. The Hall–Kier alpha value is -0.910. The molecule has 5 nitrogen and oxygen atoms in total. The normalized spacial score (nSPS) is 15.6. The van der Waals surface area contributed by atoms with E-state index in [1.54, 1.807) is 38.1 Å². The van der Waals surface area contributed by atoms with Gasteiger partial charge in [0.1, 0.15) is 5.60 Å². The van der Waals surface area contributed by atoms with Crippen LogP contribution in [0.1, 0.15) is 19.0 Å². The van der Waals surface area contributed by atoms with Crippen molar-refractivity contribution in [2.75, 3.05) is 14.2 Å². The summed E-state index contributed by atoms with van der Waals surface area (Å²) in [5.74, 6) is 0. The lowest BCUT2D eigenvalue weighted by atomic mass is 9.98. The fraction of sp³-hybridized carbons (Fsp3) is 0.700. The van der Waals surface area contributed by atoms with E-state index in [0.717, 1.165) is 0 Å². The first-order valence-corrected chi connectivity index (χ1v) is 4.77. The van der Waals surface area contributed by atoms with E-state index in [1.165, 1.54) is 0 Å². The fourth-order valence-corrected chi connectivity index (χ4v) is 1.39. The third kappa shape index (κ3) is 3.02. The Balaban J connectivity index is 2.74. The average molecular weight is 214 g/mol. The van der Waals surface area contributed by atoms with Gasteiger partial charge >= 0.3 is 0 Å². The third-order valence-corrected chi connectivity index (χ3v) is 2.36. The van der Waals surface area contributed by atoms with Crippen LogP contribution in [0.25, 0.3) is 0 Å². The SMILES string of the molecule is COC(CC(C)(O)c1ccn(C)n1)OC. The summed E-state index contributed by atoms with van der Waals surface area (Å²) >= 11 is 0. The first kappa shape index (κ1) is 12.2. The number of aliphatic hydroxyl groups is 1. The summed E-state index contributed by atoms with van der Waals surface area (Å²) in [7, 11) is 4.90. The molecule has 0 saturated carbocycles. The number of rotatable bonds is 5. The van der Waals surface area contributed by atoms with Crippen molar-refractivity contribution in [1.29, 1.82) is 0 Å². The molecule has 15 heavy (non-hydrogen) atoms. The molecular formula is C10H18N2O3. The maximum Gasteiger partial charge on any atom is 0.159 e. The van der Waals surface area contributed by atoms with Crippen molar-refractivity contribution in [2.45, 2.75) is 25.2 Å². The molecule has 1 heterocycles. The van der Waals surface area contributed by atoms with Crippen LogP contribution < -0.4 is 0 Å². The second-order valence-corrected chi connectivity index (χ2v) is 3.75. The Bertz CT molecular complexity index is 305. The zero-order valence-corrected chi connectivity index (χ0v) is 9.60. The maximum atomic E-state index is 10.2. The van der Waals surface area contributed by atoms with Crippen LogP contribution in [-0.2, 0) is 22.1 Å². The minimum Gasteiger partial charge on any atom is -0.384 e. The minimum atomic E-state index is -1.04. The number of hydrogen-bond acceptors (Lipinski definition) is 4. The second-order valence-electron chi connectivity index (χ2n) is 3.75. The monoisotopic (exact) mass is 214 g/mol. The summed E-state index contributed by atoms with van der Waals surface area (Å²) < 4.78 is 11.7. The van der Waals surface area contributed by atoms with Gasteiger partial charge in [-0.2, -0.15) is 5.10 Å². The lowest BCUT2D eigenvalue weighted by molar-refractivity contribution is -0.143. The van der Waals surface area contributed by atoms with Gasteiger partial charge in [-0.15, -0.1) is 0 Å². The van der Waals surface area contributed by atoms with E-state index in [2.05, 4.69) is 5.10 Å². The summed E-state index contributed by atoms with van der Waals surface area (Å²) in [6.07, 6.45) is 1.71. The highest BCUT2D eigenvalue weighted by atomic mass is 16.7. The Morgan fingerprint density at radius 3 is 2.53 bits per heavy atom. The van der Waals surface area contributed by atoms with Crippen molar-refractivity contribution >= 4 is 0 Å². The number of aryl methyl sites for hydroxylation is 1. The van der Waals surface area contributed by atoms with Crippen LogP contribution in [0.5, 0.6) is 0 Å². The minimum absolute atomic E-state index is 0.344. The number of nitrogens with zero attached hydrogens (tertiary/aromatic N) is 2. The van der Waals surface area contributed by atoms with Crippen LogP contribution in [0.2, 0.25) is 0 Å². The van der Waals surface area contributed by atoms with Gasteiger partial charge in [-0.3, -0.25) is 4.68 Å². The Labute approximate surface area is 89.6 Å². The third-order valence-electron chi connectivity index (χ3n) is 2.36. The van der Waals surface area contributed by atoms with Crippen molar-refractivity contribution in [3.8, 4) is 0 Å². The summed E-state index contributed by atoms with van der Waals surface area (Å²) in [5.41, 5.74) is -0.429. The van der Waals surface area contributed by atoms with Gasteiger partial charge in [0, 0.05) is 33.9 Å². The summed E-state index contributed by atoms with van der Waals surface area (Å²) in [6.45, 7) is 1.69. The standard InChI is InChI=1S/C10H18N2O3/c1-10(13,7-9(14-3)15-4)8-5-6-12(2)11-8/h5-6,9,13H,7H2,1-4H3. The van der Waals surface area contributed by atoms with Crippen LogP contribution in [0.3, 0.4) is 0 Å². The van der Waals surface area contributed by atoms with Gasteiger partial charge in [-0.05, 0) is 13.0 Å². The smallest absolute Gasteiger partial charge is 0.159 e. The van der Waals surface area contributed by atoms with Gasteiger partial charge in [-0.25, -0.2) is 0 Å². The maximum absolute atomic E-state index is 10.2. The van der Waals surface area contributed by atoms with E-state index in [-0.39, 0.29) is 0 Å². The van der Waals surface area contributed by atoms with Crippen molar-refractivity contribution in [3.63, 3.8) is 0 Å². The molecule has 0 saturated heterocycles. The van der Waals surface area contributed by atoms with Crippen LogP contribution in [-0.4, -0.2) is 35.4 Å². The van der Waals surface area contributed by atoms with Gasteiger partial charge in [0.15, 0.2) is 6.29 Å². The first-order valence-electron chi connectivity index (χ1n) is 4.77. The first-order chi connectivity index (χ1) is 6.99. The average Bonchev–Trinajstić information content (AvgIpc) is 2.62. The van der Waals surface area contributed by atoms with Gasteiger partial charge in [0.05, 0.1) is 5.69 Å². The van der Waals surface area contributed by atoms with Crippen LogP contribution in [0, 0.1) is 0 Å². The predicted octanol–water partition coefficient (Wildman–Crippen LogP) is 0.637. The summed E-state index contributed by atoms with van der Waals surface area (Å²) in [6, 6.07) is 1.78. The van der Waals surface area contributed by atoms with E-state index >= 15 is 0 Å². The van der Waals surface area contributed by atoms with Gasteiger partial charge in [0.2, 0.25) is 0 Å². The molecule has 0 amide bonds. The zero-order chi connectivity index (χ0) is 11.5. The molecule has 0 spiro atoms. The number of methoxy groups -OCH3 is 2. The molecular weight excluding hydrogens is 196 g/mol. The van der Waals surface area contributed by atoms with E-state index < -0.39 is 11.9 Å². The molecule has 0 aliphatic carbocycles. The molecule has 0 aromatic carbocycles. The van der Waals surface area contributed by atoms with E-state index in [9.17, 15) is 5.11 Å². The van der Waals surface area contributed by atoms with Crippen molar-refractivity contribution in [3.05, 3.63) is 18.0 Å². The molecule has 1 N–H and O–H groups in total. The van der Waals surface area contributed by atoms with Gasteiger partial charge in [0.25, 0.3) is 0 Å². The van der Waals surface area contributed by atoms with E-state index in [4.69, 9.17) is 9.47 Å². The summed E-state index contributed by atoms with van der Waals surface area (Å²) in [4.78, 5) is 0. The lowest BCUT2D eigenvalue weighted by Gasteiger charge is -2.25. The highest BCUT2D eigenvalue weighted by Crippen LogP contribution is 2.25. The molecule has 0 radical (unpaired) electrons. The Morgan fingerprint density at radius 2 is 2.13 bits per heavy atom. The van der Waals surface area contributed by atoms with Crippen LogP contribution in [0.15, 0.2) is 12.3 Å². The molecule has 1 rings (SSSR count). The molecule has 1 aromatic heterocycles. The van der Waals surface area contributed by atoms with Crippen LogP contribution in [0.4, 0.5) is 0 Å². The van der Waals surface area contributed by atoms with Crippen LogP contribution >= 0.6 is 0 Å². The zero-order valence-electron chi connectivity index (χ0n) is 9.60.